The van der Waals surface area contributed by atoms with Crippen LogP contribution in [0.5, 0.6) is 5.75 Å². The number of methoxy groups -OCH3 is 1. The maximum Gasteiger partial charge on any atom is 0.289 e. The summed E-state index contributed by atoms with van der Waals surface area (Å²) >= 11 is 0. The van der Waals surface area contributed by atoms with Gasteiger partial charge in [-0.25, -0.2) is 0 Å². The Kier molecular flexibility index (Phi) is 7.88. The fraction of sp³-hybridized carbons (Fsp3) is 0.429. The van der Waals surface area contributed by atoms with Gasteiger partial charge >= 0.3 is 0 Å². The highest BCUT2D eigenvalue weighted by molar-refractivity contribution is 5.98. The van der Waals surface area contributed by atoms with E-state index in [1.165, 1.54) is 5.56 Å². The number of morpholine rings is 1. The first-order valence-electron chi connectivity index (χ1n) is 12.2. The van der Waals surface area contributed by atoms with Crippen molar-refractivity contribution in [2.45, 2.75) is 63.6 Å². The molecule has 6 nitrogen and oxygen atoms in total. The van der Waals surface area contributed by atoms with Gasteiger partial charge in [-0.3, -0.25) is 9.59 Å². The predicted molar refractivity (Wildman–Crippen MR) is 132 cm³/mol. The zero-order chi connectivity index (χ0) is 23.9. The number of carbonyl (C=O) groups excluding carboxylic acids is 2. The van der Waals surface area contributed by atoms with Crippen LogP contribution in [0, 0.1) is 0 Å². The molecule has 2 fully saturated rings. The molecule has 34 heavy (non-hydrogen) atoms. The average molecular weight is 463 g/mol. The summed E-state index contributed by atoms with van der Waals surface area (Å²) in [5.74, 6) is 0.721. The molecule has 2 amide bonds. The van der Waals surface area contributed by atoms with E-state index in [2.05, 4.69) is 17.4 Å². The highest BCUT2D eigenvalue weighted by atomic mass is 16.5. The van der Waals surface area contributed by atoms with E-state index < -0.39 is 0 Å². The molecule has 2 aliphatic rings. The standard InChI is InChI=1S/C28H34N2O4/c1-20(12-13-21-8-4-3-5-9-21)29-27(31)19-30-24-10-6-7-11-25(24)34-26(28(30)32)18-22-14-16-23(33-2)17-15-22/h3-5,8-9,14-18,20,24-25H,6-7,10-13,19H2,1-2H3,(H,29,31)/b26-18+. The molecule has 6 heteroatoms. The average Bonchev–Trinajstić information content (AvgIpc) is 2.86. The van der Waals surface area contributed by atoms with Crippen molar-refractivity contribution in [1.29, 1.82) is 0 Å². The van der Waals surface area contributed by atoms with Gasteiger partial charge < -0.3 is 19.7 Å². The van der Waals surface area contributed by atoms with Crippen molar-refractivity contribution in [3.63, 3.8) is 0 Å². The second kappa shape index (κ2) is 11.2. The lowest BCUT2D eigenvalue weighted by molar-refractivity contribution is -0.152. The van der Waals surface area contributed by atoms with Crippen LogP contribution in [-0.2, 0) is 20.7 Å². The van der Waals surface area contributed by atoms with Crippen molar-refractivity contribution in [3.05, 3.63) is 71.5 Å². The van der Waals surface area contributed by atoms with Gasteiger partial charge in [-0.2, -0.15) is 0 Å². The van der Waals surface area contributed by atoms with Crippen LogP contribution < -0.4 is 10.1 Å². The molecule has 0 bridgehead atoms. The van der Waals surface area contributed by atoms with Crippen molar-refractivity contribution in [2.24, 2.45) is 0 Å². The minimum absolute atomic E-state index is 0.0281. The summed E-state index contributed by atoms with van der Waals surface area (Å²) in [5, 5.41) is 3.08. The lowest BCUT2D eigenvalue weighted by atomic mass is 9.89. The van der Waals surface area contributed by atoms with E-state index in [9.17, 15) is 9.59 Å². The van der Waals surface area contributed by atoms with E-state index in [0.717, 1.165) is 49.8 Å². The molecule has 1 N–H and O–H groups in total. The molecule has 180 valence electrons. The second-order valence-corrected chi connectivity index (χ2v) is 9.22. The molecule has 4 rings (SSSR count). The summed E-state index contributed by atoms with van der Waals surface area (Å²) in [4.78, 5) is 28.0. The zero-order valence-electron chi connectivity index (χ0n) is 20.0. The number of nitrogens with one attached hydrogen (secondary N) is 1. The first-order valence-corrected chi connectivity index (χ1v) is 12.2. The Morgan fingerprint density at radius 2 is 1.88 bits per heavy atom. The maximum absolute atomic E-state index is 13.4. The van der Waals surface area contributed by atoms with Crippen LogP contribution in [0.3, 0.4) is 0 Å². The second-order valence-electron chi connectivity index (χ2n) is 9.22. The number of hydrogen-bond acceptors (Lipinski definition) is 4. The minimum atomic E-state index is -0.217. The number of amides is 2. The van der Waals surface area contributed by atoms with Gasteiger partial charge in [0.25, 0.3) is 5.91 Å². The number of aryl methyl sites for hydroxylation is 1. The molecule has 0 radical (unpaired) electrons. The molecule has 0 spiro atoms. The van der Waals surface area contributed by atoms with Gasteiger partial charge in [0, 0.05) is 6.04 Å². The Balaban J connectivity index is 1.42. The number of carbonyl (C=O) groups is 2. The molecule has 1 saturated heterocycles. The summed E-state index contributed by atoms with van der Waals surface area (Å²) < 4.78 is 11.4. The Labute approximate surface area is 201 Å². The number of hydrogen-bond donors (Lipinski definition) is 1. The lowest BCUT2D eigenvalue weighted by Gasteiger charge is -2.44. The van der Waals surface area contributed by atoms with Gasteiger partial charge in [0.05, 0.1) is 13.2 Å². The SMILES string of the molecule is COc1ccc(/C=C2/OC3CCCCC3N(CC(=O)NC(C)CCc3ccccc3)C2=O)cc1. The Hall–Kier alpha value is -3.28. The number of benzene rings is 2. The molecule has 3 atom stereocenters. The van der Waals surface area contributed by atoms with Crippen LogP contribution in [0.1, 0.15) is 50.2 Å². The number of fused-ring (bicyclic) bond motifs is 1. The summed E-state index contributed by atoms with van der Waals surface area (Å²) in [6, 6.07) is 17.7. The normalized spacial score (nSPS) is 22.0. The molecular weight excluding hydrogens is 428 g/mol. The van der Waals surface area contributed by atoms with Gasteiger partial charge in [0.2, 0.25) is 5.91 Å². The molecular formula is C28H34N2O4. The fourth-order valence-electron chi connectivity index (χ4n) is 4.79. The number of ether oxygens (including phenoxy) is 2. The van der Waals surface area contributed by atoms with E-state index in [4.69, 9.17) is 9.47 Å². The third kappa shape index (κ3) is 5.99. The summed E-state index contributed by atoms with van der Waals surface area (Å²) in [5.41, 5.74) is 2.11. The monoisotopic (exact) mass is 462 g/mol. The fourth-order valence-corrected chi connectivity index (χ4v) is 4.79. The molecule has 1 aliphatic heterocycles. The predicted octanol–water partition coefficient (Wildman–Crippen LogP) is 4.34. The van der Waals surface area contributed by atoms with Crippen LogP contribution in [-0.4, -0.2) is 48.6 Å². The number of nitrogens with zero attached hydrogens (tertiary/aromatic N) is 1. The van der Waals surface area contributed by atoms with Gasteiger partial charge in [-0.05, 0) is 68.4 Å². The lowest BCUT2D eigenvalue weighted by Crippen LogP contribution is -2.57. The smallest absolute Gasteiger partial charge is 0.289 e. The van der Waals surface area contributed by atoms with E-state index in [1.807, 2.05) is 49.4 Å². The van der Waals surface area contributed by atoms with Gasteiger partial charge in [0.1, 0.15) is 18.4 Å². The Morgan fingerprint density at radius 3 is 2.62 bits per heavy atom. The molecule has 1 aliphatic carbocycles. The highest BCUT2D eigenvalue weighted by Crippen LogP contribution is 2.33. The largest absolute Gasteiger partial charge is 0.497 e. The minimum Gasteiger partial charge on any atom is -0.497 e. The quantitative estimate of drug-likeness (QED) is 0.593. The van der Waals surface area contributed by atoms with E-state index in [0.29, 0.717) is 5.76 Å². The van der Waals surface area contributed by atoms with Crippen molar-refractivity contribution < 1.29 is 19.1 Å². The van der Waals surface area contributed by atoms with Crippen LogP contribution in [0.2, 0.25) is 0 Å². The number of rotatable bonds is 8. The Bertz CT molecular complexity index is 1000. The van der Waals surface area contributed by atoms with E-state index in [-0.39, 0.29) is 36.5 Å². The molecule has 1 heterocycles. The van der Waals surface area contributed by atoms with Crippen molar-refractivity contribution in [2.75, 3.05) is 13.7 Å². The Morgan fingerprint density at radius 1 is 1.15 bits per heavy atom. The molecule has 2 aromatic carbocycles. The summed E-state index contributed by atoms with van der Waals surface area (Å²) in [6.45, 7) is 2.07. The molecule has 2 aromatic rings. The maximum atomic E-state index is 13.4. The van der Waals surface area contributed by atoms with E-state index in [1.54, 1.807) is 18.1 Å². The molecule has 1 saturated carbocycles. The third-order valence-corrected chi connectivity index (χ3v) is 6.66. The summed E-state index contributed by atoms with van der Waals surface area (Å²) in [6.07, 6.45) is 7.31. The first-order chi connectivity index (χ1) is 16.5. The van der Waals surface area contributed by atoms with Gasteiger partial charge in [-0.15, -0.1) is 0 Å². The van der Waals surface area contributed by atoms with Crippen molar-refractivity contribution >= 4 is 17.9 Å². The molecule has 3 unspecified atom stereocenters. The van der Waals surface area contributed by atoms with Crippen molar-refractivity contribution in [1.82, 2.24) is 10.2 Å². The first kappa shape index (κ1) is 23.9. The van der Waals surface area contributed by atoms with Crippen LogP contribution in [0.15, 0.2) is 60.4 Å². The highest BCUT2D eigenvalue weighted by Gasteiger charge is 2.42. The van der Waals surface area contributed by atoms with Gasteiger partial charge in [0.15, 0.2) is 5.76 Å². The van der Waals surface area contributed by atoms with Crippen LogP contribution >= 0.6 is 0 Å². The van der Waals surface area contributed by atoms with E-state index >= 15 is 0 Å². The molecule has 0 aromatic heterocycles. The van der Waals surface area contributed by atoms with Crippen LogP contribution in [0.25, 0.3) is 6.08 Å². The van der Waals surface area contributed by atoms with Crippen LogP contribution in [0.4, 0.5) is 0 Å². The van der Waals surface area contributed by atoms with Crippen molar-refractivity contribution in [3.8, 4) is 5.75 Å². The third-order valence-electron chi connectivity index (χ3n) is 6.66. The topological polar surface area (TPSA) is 67.9 Å². The summed E-state index contributed by atoms with van der Waals surface area (Å²) in [7, 11) is 1.62. The zero-order valence-corrected chi connectivity index (χ0v) is 20.0. The van der Waals surface area contributed by atoms with Gasteiger partial charge in [-0.1, -0.05) is 48.9 Å².